The van der Waals surface area contributed by atoms with Crippen molar-refractivity contribution in [1.29, 1.82) is 0 Å². The third kappa shape index (κ3) is 3.73. The predicted octanol–water partition coefficient (Wildman–Crippen LogP) is 5.66. The molecule has 140 valence electrons. The van der Waals surface area contributed by atoms with Gasteiger partial charge in [0, 0.05) is 6.20 Å². The van der Waals surface area contributed by atoms with Gasteiger partial charge in [-0.05, 0) is 48.2 Å². The minimum atomic E-state index is -0.510. The number of thiophene rings is 1. The lowest BCUT2D eigenvalue weighted by molar-refractivity contribution is 0.0339. The molecule has 4 rings (SSSR count). The second-order valence-corrected chi connectivity index (χ2v) is 7.20. The number of benzene rings is 2. The molecule has 0 radical (unpaired) electrons. The Morgan fingerprint density at radius 3 is 2.50 bits per heavy atom. The van der Waals surface area contributed by atoms with Crippen molar-refractivity contribution < 1.29 is 13.9 Å². The van der Waals surface area contributed by atoms with Crippen LogP contribution in [-0.4, -0.2) is 15.7 Å². The standard InChI is InChI=1S/C22H17FN2O2S/c1-15(16-9-11-17(23)12-10-16)27-22(26)19-14-25(18-6-3-2-4-7-18)24-21(19)20-8-5-13-28-20/h2-15H,1H3/t15-/m0/s1. The lowest BCUT2D eigenvalue weighted by Gasteiger charge is -2.13. The lowest BCUT2D eigenvalue weighted by atomic mass is 10.1. The maximum atomic E-state index is 13.1. The average Bonchev–Trinajstić information content (AvgIpc) is 3.39. The average molecular weight is 392 g/mol. The van der Waals surface area contributed by atoms with E-state index in [0.29, 0.717) is 11.3 Å². The summed E-state index contributed by atoms with van der Waals surface area (Å²) in [4.78, 5) is 13.8. The van der Waals surface area contributed by atoms with Crippen molar-refractivity contribution in [3.05, 3.63) is 95.3 Å². The van der Waals surface area contributed by atoms with Gasteiger partial charge in [0.25, 0.3) is 0 Å². The summed E-state index contributed by atoms with van der Waals surface area (Å²) in [5, 5.41) is 6.55. The highest BCUT2D eigenvalue weighted by Gasteiger charge is 2.22. The highest BCUT2D eigenvalue weighted by atomic mass is 32.1. The van der Waals surface area contributed by atoms with E-state index in [4.69, 9.17) is 4.74 Å². The topological polar surface area (TPSA) is 44.1 Å². The molecule has 0 unspecified atom stereocenters. The molecule has 0 fully saturated rings. The highest BCUT2D eigenvalue weighted by Crippen LogP contribution is 2.29. The van der Waals surface area contributed by atoms with Gasteiger partial charge >= 0.3 is 5.97 Å². The van der Waals surface area contributed by atoms with Crippen LogP contribution in [0.2, 0.25) is 0 Å². The summed E-state index contributed by atoms with van der Waals surface area (Å²) in [6.07, 6.45) is 1.17. The van der Waals surface area contributed by atoms with Gasteiger partial charge in [-0.3, -0.25) is 0 Å². The Bertz CT molecular complexity index is 1070. The largest absolute Gasteiger partial charge is 0.454 e. The van der Waals surface area contributed by atoms with E-state index in [2.05, 4.69) is 5.10 Å². The molecule has 28 heavy (non-hydrogen) atoms. The van der Waals surface area contributed by atoms with Crippen LogP contribution in [0, 0.1) is 5.82 Å². The van der Waals surface area contributed by atoms with Crippen molar-refractivity contribution in [2.24, 2.45) is 0 Å². The van der Waals surface area contributed by atoms with Gasteiger partial charge in [-0.15, -0.1) is 11.3 Å². The molecule has 0 N–H and O–H groups in total. The Kier molecular flexibility index (Phi) is 5.04. The molecule has 2 aromatic heterocycles. The van der Waals surface area contributed by atoms with Crippen molar-refractivity contribution in [2.75, 3.05) is 0 Å². The number of aromatic nitrogens is 2. The van der Waals surface area contributed by atoms with E-state index >= 15 is 0 Å². The van der Waals surface area contributed by atoms with Crippen LogP contribution in [0.4, 0.5) is 4.39 Å². The summed E-state index contributed by atoms with van der Waals surface area (Å²) in [6, 6.07) is 19.3. The Balaban J connectivity index is 1.66. The molecule has 4 nitrogen and oxygen atoms in total. The molecule has 0 bridgehead atoms. The molecule has 0 amide bonds. The third-order valence-electron chi connectivity index (χ3n) is 4.33. The zero-order chi connectivity index (χ0) is 19.5. The number of para-hydroxylation sites is 1. The van der Waals surface area contributed by atoms with Crippen LogP contribution < -0.4 is 0 Å². The molecular weight excluding hydrogens is 375 g/mol. The quantitative estimate of drug-likeness (QED) is 0.412. The molecular formula is C22H17FN2O2S. The van der Waals surface area contributed by atoms with Crippen LogP contribution >= 0.6 is 11.3 Å². The van der Waals surface area contributed by atoms with Crippen LogP contribution in [0.5, 0.6) is 0 Å². The van der Waals surface area contributed by atoms with E-state index in [9.17, 15) is 9.18 Å². The van der Waals surface area contributed by atoms with Crippen LogP contribution in [0.15, 0.2) is 78.3 Å². The van der Waals surface area contributed by atoms with Crippen molar-refractivity contribution >= 4 is 17.3 Å². The molecule has 0 aliphatic rings. The number of rotatable bonds is 5. The molecule has 2 heterocycles. The van der Waals surface area contributed by atoms with E-state index in [-0.39, 0.29) is 5.82 Å². The second-order valence-electron chi connectivity index (χ2n) is 6.25. The predicted molar refractivity (Wildman–Crippen MR) is 107 cm³/mol. The molecule has 6 heteroatoms. The van der Waals surface area contributed by atoms with E-state index in [1.54, 1.807) is 29.9 Å². The third-order valence-corrected chi connectivity index (χ3v) is 5.21. The van der Waals surface area contributed by atoms with Gasteiger partial charge in [-0.1, -0.05) is 36.4 Å². The molecule has 1 atom stereocenters. The first-order chi connectivity index (χ1) is 13.6. The van der Waals surface area contributed by atoms with Gasteiger partial charge in [-0.25, -0.2) is 13.9 Å². The van der Waals surface area contributed by atoms with Gasteiger partial charge in [0.15, 0.2) is 0 Å². The van der Waals surface area contributed by atoms with Gasteiger partial charge in [0.1, 0.15) is 23.2 Å². The van der Waals surface area contributed by atoms with Gasteiger partial charge in [0.05, 0.1) is 10.6 Å². The SMILES string of the molecule is C[C@H](OC(=O)c1cn(-c2ccccc2)nc1-c1cccs1)c1ccc(F)cc1. The summed E-state index contributed by atoms with van der Waals surface area (Å²) >= 11 is 1.51. The summed E-state index contributed by atoms with van der Waals surface area (Å²) in [7, 11) is 0. The fourth-order valence-electron chi connectivity index (χ4n) is 2.86. The molecule has 0 spiro atoms. The molecule has 2 aromatic carbocycles. The molecule has 0 aliphatic heterocycles. The number of hydrogen-bond donors (Lipinski definition) is 0. The fraction of sp³-hybridized carbons (Fsp3) is 0.0909. The summed E-state index contributed by atoms with van der Waals surface area (Å²) in [5.41, 5.74) is 2.55. The van der Waals surface area contributed by atoms with Crippen molar-refractivity contribution in [3.8, 4) is 16.3 Å². The first-order valence-electron chi connectivity index (χ1n) is 8.77. The summed E-state index contributed by atoms with van der Waals surface area (Å²) < 4.78 is 20.4. The van der Waals surface area contributed by atoms with E-state index < -0.39 is 12.1 Å². The maximum Gasteiger partial charge on any atom is 0.342 e. The zero-order valence-corrected chi connectivity index (χ0v) is 15.9. The number of hydrogen-bond acceptors (Lipinski definition) is 4. The fourth-order valence-corrected chi connectivity index (χ4v) is 3.58. The number of carbonyl (C=O) groups excluding carboxylic acids is 1. The second kappa shape index (κ2) is 7.78. The van der Waals surface area contributed by atoms with Crippen LogP contribution in [0.1, 0.15) is 28.9 Å². The highest BCUT2D eigenvalue weighted by molar-refractivity contribution is 7.13. The molecule has 0 saturated heterocycles. The summed E-state index contributed by atoms with van der Waals surface area (Å²) in [5.74, 6) is -0.797. The van der Waals surface area contributed by atoms with Gasteiger partial charge < -0.3 is 4.74 Å². The van der Waals surface area contributed by atoms with Gasteiger partial charge in [0.2, 0.25) is 0 Å². The van der Waals surface area contributed by atoms with Crippen LogP contribution in [0.3, 0.4) is 0 Å². The van der Waals surface area contributed by atoms with Crippen LogP contribution in [-0.2, 0) is 4.74 Å². The maximum absolute atomic E-state index is 13.1. The Morgan fingerprint density at radius 2 is 1.82 bits per heavy atom. The Hall–Kier alpha value is -3.25. The monoisotopic (exact) mass is 392 g/mol. The number of halogens is 1. The Morgan fingerprint density at radius 1 is 1.07 bits per heavy atom. The normalized spacial score (nSPS) is 11.9. The van der Waals surface area contributed by atoms with Gasteiger partial charge in [-0.2, -0.15) is 5.10 Å². The van der Waals surface area contributed by atoms with E-state index in [1.165, 1.54) is 23.5 Å². The number of nitrogens with zero attached hydrogens (tertiary/aromatic N) is 2. The molecule has 0 aliphatic carbocycles. The van der Waals surface area contributed by atoms with E-state index in [0.717, 1.165) is 16.1 Å². The number of ether oxygens (including phenoxy) is 1. The number of esters is 1. The zero-order valence-electron chi connectivity index (χ0n) is 15.1. The van der Waals surface area contributed by atoms with Crippen molar-refractivity contribution in [2.45, 2.75) is 13.0 Å². The van der Waals surface area contributed by atoms with Crippen LogP contribution in [0.25, 0.3) is 16.3 Å². The van der Waals surface area contributed by atoms with Crippen molar-refractivity contribution in [3.63, 3.8) is 0 Å². The van der Waals surface area contributed by atoms with Crippen molar-refractivity contribution in [1.82, 2.24) is 9.78 Å². The minimum absolute atomic E-state index is 0.327. The minimum Gasteiger partial charge on any atom is -0.454 e. The first-order valence-corrected chi connectivity index (χ1v) is 9.65. The number of carbonyl (C=O) groups is 1. The smallest absolute Gasteiger partial charge is 0.342 e. The van der Waals surface area contributed by atoms with E-state index in [1.807, 2.05) is 47.8 Å². The molecule has 0 saturated carbocycles. The molecule has 4 aromatic rings. The Labute approximate surface area is 165 Å². The summed E-state index contributed by atoms with van der Waals surface area (Å²) in [6.45, 7) is 1.76. The first kappa shape index (κ1) is 18.1. The lowest BCUT2D eigenvalue weighted by Crippen LogP contribution is -2.09.